The Kier molecular flexibility index (Phi) is 7.31. The van der Waals surface area contributed by atoms with Gasteiger partial charge in [0.1, 0.15) is 0 Å². The fraction of sp³-hybridized carbons (Fsp3) is 0.824. The van der Waals surface area contributed by atoms with E-state index in [0.29, 0.717) is 5.92 Å². The zero-order valence-electron chi connectivity index (χ0n) is 12.8. The first-order valence-electron chi connectivity index (χ1n) is 7.90. The summed E-state index contributed by atoms with van der Waals surface area (Å²) < 4.78 is 0. The molecule has 1 saturated carbocycles. The van der Waals surface area contributed by atoms with Crippen LogP contribution < -0.4 is 0 Å². The summed E-state index contributed by atoms with van der Waals surface area (Å²) in [5.74, 6) is 1.31. The number of hydrogen-bond acceptors (Lipinski definition) is 1. The summed E-state index contributed by atoms with van der Waals surface area (Å²) in [5, 5.41) is 0. The number of aliphatic imine (C=N–C) groups is 1. The highest BCUT2D eigenvalue weighted by Crippen LogP contribution is 2.26. The first-order chi connectivity index (χ1) is 8.65. The van der Waals surface area contributed by atoms with E-state index in [1.54, 1.807) is 0 Å². The van der Waals surface area contributed by atoms with Gasteiger partial charge < -0.3 is 0 Å². The van der Waals surface area contributed by atoms with Crippen molar-refractivity contribution in [3.05, 3.63) is 11.8 Å². The van der Waals surface area contributed by atoms with Crippen molar-refractivity contribution in [3.8, 4) is 0 Å². The maximum absolute atomic E-state index is 4.95. The second-order valence-corrected chi connectivity index (χ2v) is 6.01. The van der Waals surface area contributed by atoms with Crippen LogP contribution in [0.4, 0.5) is 0 Å². The number of allylic oxidation sites excluding steroid dienone is 2. The maximum atomic E-state index is 4.95. The summed E-state index contributed by atoms with van der Waals surface area (Å²) in [4.78, 5) is 4.95. The molecule has 0 bridgehead atoms. The highest BCUT2D eigenvalue weighted by Gasteiger charge is 2.16. The van der Waals surface area contributed by atoms with Crippen LogP contribution in [0.2, 0.25) is 0 Å². The molecule has 0 saturated heterocycles. The lowest BCUT2D eigenvalue weighted by atomic mass is 9.86. The van der Waals surface area contributed by atoms with Crippen molar-refractivity contribution < 1.29 is 0 Å². The molecular weight excluding hydrogens is 218 g/mol. The molecule has 0 N–H and O–H groups in total. The Labute approximate surface area is 114 Å². The summed E-state index contributed by atoms with van der Waals surface area (Å²) in [7, 11) is 0. The third kappa shape index (κ3) is 5.37. The molecule has 0 spiro atoms. The van der Waals surface area contributed by atoms with Gasteiger partial charge in [0.2, 0.25) is 0 Å². The van der Waals surface area contributed by atoms with Gasteiger partial charge in [0, 0.05) is 11.4 Å². The minimum atomic E-state index is 0.556. The molecule has 0 amide bonds. The van der Waals surface area contributed by atoms with Crippen LogP contribution in [0.3, 0.4) is 0 Å². The van der Waals surface area contributed by atoms with Crippen molar-refractivity contribution in [2.75, 3.05) is 0 Å². The molecule has 1 rings (SSSR count). The first-order valence-corrected chi connectivity index (χ1v) is 7.90. The molecule has 104 valence electrons. The largest absolute Gasteiger partial charge is 0.262 e. The predicted molar refractivity (Wildman–Crippen MR) is 82.1 cm³/mol. The summed E-state index contributed by atoms with van der Waals surface area (Å²) in [5.41, 5.74) is 2.69. The average Bonchev–Trinajstić information content (AvgIpc) is 2.38. The minimum Gasteiger partial charge on any atom is -0.262 e. The average molecular weight is 249 g/mol. The molecule has 0 aliphatic heterocycles. The van der Waals surface area contributed by atoms with Crippen LogP contribution in [0.25, 0.3) is 0 Å². The zero-order valence-corrected chi connectivity index (χ0v) is 12.8. The second kappa shape index (κ2) is 8.50. The molecule has 1 nitrogen and oxygen atoms in total. The SMILES string of the molecule is CCCC/C=C(\N=C(/C)C1CCCCC1)C(C)C. The lowest BCUT2D eigenvalue weighted by molar-refractivity contribution is 0.438. The van der Waals surface area contributed by atoms with Gasteiger partial charge in [0.05, 0.1) is 0 Å². The second-order valence-electron chi connectivity index (χ2n) is 6.01. The summed E-state index contributed by atoms with van der Waals surface area (Å²) >= 11 is 0. The van der Waals surface area contributed by atoms with Gasteiger partial charge in [-0.2, -0.15) is 0 Å². The lowest BCUT2D eigenvalue weighted by Crippen LogP contribution is -2.15. The molecule has 1 aliphatic carbocycles. The topological polar surface area (TPSA) is 12.4 Å². The summed E-state index contributed by atoms with van der Waals surface area (Å²) in [6, 6.07) is 0. The fourth-order valence-corrected chi connectivity index (χ4v) is 2.68. The molecular formula is C17H31N. The Bertz CT molecular complexity index is 280. The van der Waals surface area contributed by atoms with Gasteiger partial charge in [-0.3, -0.25) is 4.99 Å². The van der Waals surface area contributed by atoms with Crippen molar-refractivity contribution in [2.24, 2.45) is 16.8 Å². The summed E-state index contributed by atoms with van der Waals surface area (Å²) in [6.07, 6.45) is 13.0. The van der Waals surface area contributed by atoms with E-state index in [4.69, 9.17) is 4.99 Å². The van der Waals surface area contributed by atoms with Crippen molar-refractivity contribution in [2.45, 2.75) is 79.1 Å². The minimum absolute atomic E-state index is 0.556. The molecule has 0 unspecified atom stereocenters. The fourth-order valence-electron chi connectivity index (χ4n) is 2.68. The smallest absolute Gasteiger partial charge is 0.0388 e. The zero-order chi connectivity index (χ0) is 13.4. The molecule has 0 aromatic heterocycles. The van der Waals surface area contributed by atoms with Crippen molar-refractivity contribution >= 4 is 5.71 Å². The Balaban J connectivity index is 2.64. The Morgan fingerprint density at radius 2 is 1.89 bits per heavy atom. The number of nitrogens with zero attached hydrogens (tertiary/aromatic N) is 1. The Hall–Kier alpha value is -0.590. The van der Waals surface area contributed by atoms with Gasteiger partial charge in [-0.1, -0.05) is 59.0 Å². The first kappa shape index (κ1) is 15.5. The molecule has 0 radical (unpaired) electrons. The highest BCUT2D eigenvalue weighted by molar-refractivity contribution is 5.85. The van der Waals surface area contributed by atoms with Gasteiger partial charge in [-0.05, 0) is 38.0 Å². The van der Waals surface area contributed by atoms with Crippen LogP contribution in [0.5, 0.6) is 0 Å². The van der Waals surface area contributed by atoms with E-state index in [-0.39, 0.29) is 0 Å². The predicted octanol–water partition coefficient (Wildman–Crippen LogP) is 5.76. The molecule has 0 aromatic rings. The summed E-state index contributed by atoms with van der Waals surface area (Å²) in [6.45, 7) is 9.01. The van der Waals surface area contributed by atoms with Crippen LogP contribution in [0.15, 0.2) is 16.8 Å². The molecule has 0 aromatic carbocycles. The molecule has 1 heteroatoms. The van der Waals surface area contributed by atoms with Gasteiger partial charge in [0.15, 0.2) is 0 Å². The van der Waals surface area contributed by atoms with E-state index in [2.05, 4.69) is 33.8 Å². The van der Waals surface area contributed by atoms with Crippen LogP contribution in [0.1, 0.15) is 79.1 Å². The molecule has 0 heterocycles. The highest BCUT2D eigenvalue weighted by atomic mass is 14.8. The van der Waals surface area contributed by atoms with E-state index in [1.807, 2.05) is 0 Å². The van der Waals surface area contributed by atoms with E-state index < -0.39 is 0 Å². The Morgan fingerprint density at radius 1 is 1.22 bits per heavy atom. The Morgan fingerprint density at radius 3 is 2.44 bits per heavy atom. The molecule has 1 fully saturated rings. The van der Waals surface area contributed by atoms with Crippen LogP contribution in [0, 0.1) is 11.8 Å². The van der Waals surface area contributed by atoms with Crippen molar-refractivity contribution in [3.63, 3.8) is 0 Å². The quantitative estimate of drug-likeness (QED) is 0.419. The van der Waals surface area contributed by atoms with Crippen LogP contribution >= 0.6 is 0 Å². The number of rotatable bonds is 6. The van der Waals surface area contributed by atoms with E-state index in [1.165, 1.54) is 62.8 Å². The van der Waals surface area contributed by atoms with Gasteiger partial charge in [-0.15, -0.1) is 0 Å². The van der Waals surface area contributed by atoms with Crippen molar-refractivity contribution in [1.29, 1.82) is 0 Å². The van der Waals surface area contributed by atoms with Gasteiger partial charge in [0.25, 0.3) is 0 Å². The van der Waals surface area contributed by atoms with E-state index >= 15 is 0 Å². The third-order valence-electron chi connectivity index (χ3n) is 4.00. The van der Waals surface area contributed by atoms with E-state index in [9.17, 15) is 0 Å². The molecule has 0 atom stereocenters. The number of hydrogen-bond donors (Lipinski definition) is 0. The van der Waals surface area contributed by atoms with Crippen LogP contribution in [-0.2, 0) is 0 Å². The molecule has 1 aliphatic rings. The van der Waals surface area contributed by atoms with Crippen LogP contribution in [-0.4, -0.2) is 5.71 Å². The standard InChI is InChI=1S/C17H31N/c1-5-6-8-13-17(14(2)3)18-15(4)16-11-9-7-10-12-16/h13-14,16H,5-12H2,1-4H3/b17-13-,18-15+. The normalized spacial score (nSPS) is 19.6. The third-order valence-corrected chi connectivity index (χ3v) is 4.00. The van der Waals surface area contributed by atoms with Crippen molar-refractivity contribution in [1.82, 2.24) is 0 Å². The number of unbranched alkanes of at least 4 members (excludes halogenated alkanes) is 2. The van der Waals surface area contributed by atoms with E-state index in [0.717, 1.165) is 5.92 Å². The molecule has 18 heavy (non-hydrogen) atoms. The maximum Gasteiger partial charge on any atom is 0.0388 e. The van der Waals surface area contributed by atoms with Gasteiger partial charge >= 0.3 is 0 Å². The monoisotopic (exact) mass is 249 g/mol. The van der Waals surface area contributed by atoms with Gasteiger partial charge in [-0.25, -0.2) is 0 Å². The lowest BCUT2D eigenvalue weighted by Gasteiger charge is -2.22.